The Morgan fingerprint density at radius 2 is 1.88 bits per heavy atom. The largest absolute Gasteiger partial charge is 0.397 e. The highest BCUT2D eigenvalue weighted by molar-refractivity contribution is 7.80. The van der Waals surface area contributed by atoms with Crippen LogP contribution in [0.2, 0.25) is 0 Å². The summed E-state index contributed by atoms with van der Waals surface area (Å²) < 4.78 is 34.8. The van der Waals surface area contributed by atoms with Crippen molar-refractivity contribution in [3.05, 3.63) is 35.4 Å². The highest BCUT2D eigenvalue weighted by Gasteiger charge is 2.52. The molecule has 2 bridgehead atoms. The Balaban J connectivity index is 1.98. The minimum atomic E-state index is -4.47. The Bertz CT molecular complexity index is 553. The van der Waals surface area contributed by atoms with Gasteiger partial charge in [-0.3, -0.25) is 4.55 Å². The van der Waals surface area contributed by atoms with Crippen molar-refractivity contribution in [3.63, 3.8) is 0 Å². The van der Waals surface area contributed by atoms with Gasteiger partial charge in [0.2, 0.25) is 0 Å². The number of hydrogen-bond acceptors (Lipinski definition) is 4. The van der Waals surface area contributed by atoms with Gasteiger partial charge in [-0.1, -0.05) is 24.3 Å². The lowest BCUT2D eigenvalue weighted by molar-refractivity contribution is 0.120. The summed E-state index contributed by atoms with van der Waals surface area (Å²) in [6.07, 6.45) is -0.873. The van der Waals surface area contributed by atoms with Crippen molar-refractivity contribution in [2.45, 2.75) is 30.5 Å². The maximum Gasteiger partial charge on any atom is 0.397 e. The third kappa shape index (κ3) is 1.68. The molecule has 1 fully saturated rings. The van der Waals surface area contributed by atoms with E-state index in [9.17, 15) is 13.5 Å². The fraction of sp³-hybridized carbons (Fsp3) is 0.455. The quantitative estimate of drug-likeness (QED) is 0.765. The van der Waals surface area contributed by atoms with Crippen LogP contribution in [-0.2, 0) is 14.6 Å². The first kappa shape index (κ1) is 11.2. The predicted molar refractivity (Wildman–Crippen MR) is 59.0 cm³/mol. The minimum Gasteiger partial charge on any atom is -0.392 e. The number of aliphatic hydroxyl groups excluding tert-OH is 1. The third-order valence-corrected chi connectivity index (χ3v) is 4.16. The van der Waals surface area contributed by atoms with Crippen LogP contribution >= 0.6 is 0 Å². The maximum atomic E-state index is 10.7. The molecule has 6 heteroatoms. The number of hydrogen-bond donors (Lipinski definition) is 2. The third-order valence-electron chi connectivity index (χ3n) is 3.67. The van der Waals surface area contributed by atoms with Gasteiger partial charge in [-0.2, -0.15) is 8.42 Å². The van der Waals surface area contributed by atoms with Crippen LogP contribution < -0.4 is 0 Å². The van der Waals surface area contributed by atoms with Gasteiger partial charge >= 0.3 is 10.4 Å². The molecule has 3 rings (SSSR count). The number of rotatable bonds is 2. The highest BCUT2D eigenvalue weighted by atomic mass is 32.3. The molecule has 2 aliphatic rings. The SMILES string of the molecule is O=S(=O)(O)O[C@H]1CC2c3ccccc3C1[C@@H]2O. The van der Waals surface area contributed by atoms with Crippen LogP contribution in [0.4, 0.5) is 0 Å². The van der Waals surface area contributed by atoms with Crippen molar-refractivity contribution >= 4 is 10.4 Å². The van der Waals surface area contributed by atoms with Gasteiger partial charge < -0.3 is 5.11 Å². The summed E-state index contributed by atoms with van der Waals surface area (Å²) in [4.78, 5) is 0. The van der Waals surface area contributed by atoms with Crippen LogP contribution in [0.5, 0.6) is 0 Å². The summed E-state index contributed by atoms with van der Waals surface area (Å²) in [6, 6.07) is 7.54. The van der Waals surface area contributed by atoms with Crippen LogP contribution in [0.15, 0.2) is 24.3 Å². The zero-order valence-electron chi connectivity index (χ0n) is 8.85. The Kier molecular flexibility index (Phi) is 2.31. The van der Waals surface area contributed by atoms with Crippen molar-refractivity contribution in [2.75, 3.05) is 0 Å². The van der Waals surface area contributed by atoms with E-state index in [-0.39, 0.29) is 11.8 Å². The van der Waals surface area contributed by atoms with E-state index in [0.717, 1.165) is 11.1 Å². The van der Waals surface area contributed by atoms with Crippen LogP contribution in [-0.4, -0.2) is 30.3 Å². The topological polar surface area (TPSA) is 83.8 Å². The van der Waals surface area contributed by atoms with Crippen LogP contribution in [0.25, 0.3) is 0 Å². The normalized spacial score (nSPS) is 34.9. The van der Waals surface area contributed by atoms with Crippen LogP contribution in [0.3, 0.4) is 0 Å². The molecule has 0 radical (unpaired) electrons. The van der Waals surface area contributed by atoms with Crippen LogP contribution in [0, 0.1) is 0 Å². The fourth-order valence-corrected chi connectivity index (χ4v) is 3.62. The highest BCUT2D eigenvalue weighted by Crippen LogP contribution is 2.54. The zero-order chi connectivity index (χ0) is 12.2. The van der Waals surface area contributed by atoms with Crippen LogP contribution in [0.1, 0.15) is 29.4 Å². The van der Waals surface area contributed by atoms with Gasteiger partial charge in [0, 0.05) is 11.8 Å². The molecule has 0 heterocycles. The molecular formula is C11H12O5S. The summed E-state index contributed by atoms with van der Waals surface area (Å²) in [5.74, 6) is -0.457. The molecule has 92 valence electrons. The first-order chi connectivity index (χ1) is 7.97. The first-order valence-corrected chi connectivity index (χ1v) is 6.76. The predicted octanol–water partition coefficient (Wildman–Crippen LogP) is 0.820. The Morgan fingerprint density at radius 3 is 2.53 bits per heavy atom. The smallest absolute Gasteiger partial charge is 0.392 e. The van der Waals surface area contributed by atoms with Gasteiger partial charge in [-0.25, -0.2) is 4.18 Å². The van der Waals surface area contributed by atoms with E-state index in [1.807, 2.05) is 24.3 Å². The Morgan fingerprint density at radius 1 is 1.24 bits per heavy atom. The first-order valence-electron chi connectivity index (χ1n) is 5.40. The molecule has 1 saturated carbocycles. The standard InChI is InChI=1S/C11H12O5S/c12-11-8-5-9(16-17(13,14)15)10(11)7-4-2-1-3-6(7)8/h1-4,8-12H,5H2,(H,13,14,15)/t8?,9-,10?,11+/m0/s1. The summed E-state index contributed by atoms with van der Waals surface area (Å²) in [5, 5.41) is 10.1. The Hall–Kier alpha value is -0.950. The van der Waals surface area contributed by atoms with Gasteiger partial charge in [-0.05, 0) is 17.5 Å². The molecule has 2 N–H and O–H groups in total. The molecule has 2 unspecified atom stereocenters. The van der Waals surface area contributed by atoms with Crippen molar-refractivity contribution in [1.29, 1.82) is 0 Å². The van der Waals surface area contributed by atoms with E-state index < -0.39 is 22.6 Å². The number of fused-ring (bicyclic) bond motifs is 5. The average Bonchev–Trinajstić information content (AvgIpc) is 2.67. The second-order valence-electron chi connectivity index (χ2n) is 4.55. The molecule has 1 aromatic rings. The fourth-order valence-electron chi connectivity index (χ4n) is 3.11. The second-order valence-corrected chi connectivity index (χ2v) is 5.60. The molecule has 4 atom stereocenters. The molecule has 0 saturated heterocycles. The average molecular weight is 256 g/mol. The van der Waals surface area contributed by atoms with E-state index in [1.165, 1.54) is 0 Å². The van der Waals surface area contributed by atoms with Gasteiger partial charge in [0.05, 0.1) is 12.2 Å². The molecule has 1 aromatic carbocycles. The second kappa shape index (κ2) is 3.52. The molecule has 0 spiro atoms. The van der Waals surface area contributed by atoms with Crippen molar-refractivity contribution in [1.82, 2.24) is 0 Å². The lowest BCUT2D eigenvalue weighted by Gasteiger charge is -2.22. The molecule has 0 amide bonds. The molecule has 17 heavy (non-hydrogen) atoms. The van der Waals surface area contributed by atoms with Gasteiger partial charge in [0.1, 0.15) is 0 Å². The Labute approximate surface area is 99.0 Å². The van der Waals surface area contributed by atoms with Gasteiger partial charge in [0.15, 0.2) is 0 Å². The van der Waals surface area contributed by atoms with Crippen molar-refractivity contribution in [3.8, 4) is 0 Å². The van der Waals surface area contributed by atoms with E-state index >= 15 is 0 Å². The van der Waals surface area contributed by atoms with E-state index in [2.05, 4.69) is 4.18 Å². The van der Waals surface area contributed by atoms with E-state index in [1.54, 1.807) is 0 Å². The maximum absolute atomic E-state index is 10.7. The minimum absolute atomic E-state index is 0.0945. The van der Waals surface area contributed by atoms with Crippen molar-refractivity contribution < 1.29 is 22.3 Å². The molecule has 0 aliphatic heterocycles. The van der Waals surface area contributed by atoms with E-state index in [0.29, 0.717) is 6.42 Å². The molecule has 0 aromatic heterocycles. The van der Waals surface area contributed by atoms with Gasteiger partial charge in [0.25, 0.3) is 0 Å². The summed E-state index contributed by atoms with van der Waals surface area (Å²) >= 11 is 0. The summed E-state index contributed by atoms with van der Waals surface area (Å²) in [6.45, 7) is 0. The number of aliphatic hydroxyl groups is 1. The zero-order valence-corrected chi connectivity index (χ0v) is 9.67. The lowest BCUT2D eigenvalue weighted by atomic mass is 9.90. The summed E-state index contributed by atoms with van der Waals surface area (Å²) in [7, 11) is -4.47. The summed E-state index contributed by atoms with van der Waals surface area (Å²) in [5.41, 5.74) is 1.98. The molecule has 5 nitrogen and oxygen atoms in total. The number of benzene rings is 1. The van der Waals surface area contributed by atoms with Gasteiger partial charge in [-0.15, -0.1) is 0 Å². The molecular weight excluding hydrogens is 244 g/mol. The monoisotopic (exact) mass is 256 g/mol. The van der Waals surface area contributed by atoms with Crippen molar-refractivity contribution in [2.24, 2.45) is 0 Å². The molecule has 2 aliphatic carbocycles. The van der Waals surface area contributed by atoms with E-state index in [4.69, 9.17) is 4.55 Å². The lowest BCUT2D eigenvalue weighted by Crippen LogP contribution is -2.25.